The van der Waals surface area contributed by atoms with E-state index in [1.807, 2.05) is 0 Å². The Labute approximate surface area is 127 Å². The number of halogens is 1. The maximum Gasteiger partial charge on any atom is 0.322 e. The summed E-state index contributed by atoms with van der Waals surface area (Å²) in [5, 5.41) is 9.29. The molecule has 1 atom stereocenters. The Morgan fingerprint density at radius 3 is 2.50 bits per heavy atom. The maximum atomic E-state index is 12.2. The van der Waals surface area contributed by atoms with Crippen molar-refractivity contribution in [2.75, 3.05) is 0 Å². The summed E-state index contributed by atoms with van der Waals surface area (Å²) in [4.78, 5) is 11.4. The number of hydrogen-bond donors (Lipinski definition) is 2. The molecule has 0 saturated heterocycles. The van der Waals surface area contributed by atoms with E-state index < -0.39 is 22.0 Å². The molecule has 1 unspecified atom stereocenters. The van der Waals surface area contributed by atoms with Gasteiger partial charge in [-0.2, -0.15) is 4.72 Å². The Balaban J connectivity index is 2.17. The van der Waals surface area contributed by atoms with Crippen LogP contribution in [-0.2, 0) is 14.8 Å². The average molecular weight is 338 g/mol. The van der Waals surface area contributed by atoms with Crippen molar-refractivity contribution in [1.29, 1.82) is 0 Å². The van der Waals surface area contributed by atoms with Crippen LogP contribution in [0.25, 0.3) is 0 Å². The molecule has 1 saturated carbocycles. The molecule has 2 N–H and O–H groups in total. The number of nitrogens with one attached hydrogen (secondary N) is 1. The third-order valence-electron chi connectivity index (χ3n) is 3.48. The second kappa shape index (κ2) is 6.43. The van der Waals surface area contributed by atoms with Gasteiger partial charge in [0.1, 0.15) is 10.3 Å². The first-order valence-electron chi connectivity index (χ1n) is 6.40. The average Bonchev–Trinajstić information content (AvgIpc) is 2.84. The summed E-state index contributed by atoms with van der Waals surface area (Å²) in [6, 6.07) is 1.80. The van der Waals surface area contributed by atoms with Crippen molar-refractivity contribution in [2.45, 2.75) is 42.4 Å². The zero-order valence-corrected chi connectivity index (χ0v) is 13.1. The van der Waals surface area contributed by atoms with Crippen molar-refractivity contribution in [2.24, 2.45) is 5.92 Å². The lowest BCUT2D eigenvalue weighted by atomic mass is 9.84. The molecule has 1 aromatic heterocycles. The fourth-order valence-electron chi connectivity index (χ4n) is 2.48. The van der Waals surface area contributed by atoms with Crippen LogP contribution in [0.4, 0.5) is 0 Å². The monoisotopic (exact) mass is 337 g/mol. The van der Waals surface area contributed by atoms with E-state index in [-0.39, 0.29) is 10.1 Å². The van der Waals surface area contributed by atoms with Crippen LogP contribution >= 0.6 is 22.9 Å². The second-order valence-electron chi connectivity index (χ2n) is 4.89. The molecule has 5 nitrogen and oxygen atoms in total. The van der Waals surface area contributed by atoms with Gasteiger partial charge >= 0.3 is 5.97 Å². The number of hydrogen-bond acceptors (Lipinski definition) is 4. The molecule has 1 aromatic rings. The van der Waals surface area contributed by atoms with Gasteiger partial charge in [0.25, 0.3) is 10.0 Å². The SMILES string of the molecule is O=C(O)C(NS(=O)(=O)c1ccc(Cl)s1)C1CCCCC1. The third-order valence-corrected chi connectivity index (χ3v) is 6.65. The zero-order valence-electron chi connectivity index (χ0n) is 10.7. The largest absolute Gasteiger partial charge is 0.480 e. The van der Waals surface area contributed by atoms with Crippen LogP contribution in [0, 0.1) is 5.92 Å². The first-order valence-corrected chi connectivity index (χ1v) is 9.08. The highest BCUT2D eigenvalue weighted by Gasteiger charge is 2.33. The predicted molar refractivity (Wildman–Crippen MR) is 77.6 cm³/mol. The third kappa shape index (κ3) is 3.72. The summed E-state index contributed by atoms with van der Waals surface area (Å²) in [7, 11) is -3.83. The van der Waals surface area contributed by atoms with Gasteiger partial charge in [-0.05, 0) is 30.9 Å². The minimum Gasteiger partial charge on any atom is -0.480 e. The zero-order chi connectivity index (χ0) is 14.8. The molecule has 8 heteroatoms. The van der Waals surface area contributed by atoms with Crippen molar-refractivity contribution in [3.05, 3.63) is 16.5 Å². The summed E-state index contributed by atoms with van der Waals surface area (Å²) in [6.45, 7) is 0. The van der Waals surface area contributed by atoms with E-state index >= 15 is 0 Å². The molecule has 1 aliphatic rings. The van der Waals surface area contributed by atoms with E-state index in [0.717, 1.165) is 43.4 Å². The number of aliphatic carboxylic acids is 1. The van der Waals surface area contributed by atoms with Crippen molar-refractivity contribution in [3.8, 4) is 0 Å². The fourth-order valence-corrected chi connectivity index (χ4v) is 5.24. The van der Waals surface area contributed by atoms with E-state index in [2.05, 4.69) is 4.72 Å². The summed E-state index contributed by atoms with van der Waals surface area (Å²) >= 11 is 6.64. The lowest BCUT2D eigenvalue weighted by Crippen LogP contribution is -2.46. The second-order valence-corrected chi connectivity index (χ2v) is 8.55. The number of carboxylic acid groups (broad SMARTS) is 1. The number of sulfonamides is 1. The normalized spacial score (nSPS) is 18.9. The lowest BCUT2D eigenvalue weighted by molar-refractivity contribution is -0.140. The number of carbonyl (C=O) groups is 1. The van der Waals surface area contributed by atoms with Crippen LogP contribution in [0.2, 0.25) is 4.34 Å². The number of carboxylic acids is 1. The van der Waals surface area contributed by atoms with Crippen LogP contribution in [0.1, 0.15) is 32.1 Å². The van der Waals surface area contributed by atoms with Gasteiger partial charge in [0, 0.05) is 0 Å². The minimum atomic E-state index is -3.83. The highest BCUT2D eigenvalue weighted by atomic mass is 35.5. The van der Waals surface area contributed by atoms with Crippen LogP contribution < -0.4 is 4.72 Å². The molecule has 0 bridgehead atoms. The number of rotatable bonds is 5. The van der Waals surface area contributed by atoms with Crippen LogP contribution in [0.5, 0.6) is 0 Å². The van der Waals surface area contributed by atoms with E-state index in [9.17, 15) is 18.3 Å². The first kappa shape index (κ1) is 15.8. The van der Waals surface area contributed by atoms with Crippen LogP contribution in [-0.4, -0.2) is 25.5 Å². The fraction of sp³-hybridized carbons (Fsp3) is 0.583. The Bertz CT molecular complexity index is 578. The molecular formula is C12H16ClNO4S2. The molecule has 0 radical (unpaired) electrons. The molecule has 112 valence electrons. The topological polar surface area (TPSA) is 83.5 Å². The molecule has 1 heterocycles. The van der Waals surface area contributed by atoms with Gasteiger partial charge in [-0.15, -0.1) is 11.3 Å². The van der Waals surface area contributed by atoms with Gasteiger partial charge < -0.3 is 5.11 Å². The van der Waals surface area contributed by atoms with Gasteiger partial charge in [0.15, 0.2) is 0 Å². The molecule has 1 fully saturated rings. The van der Waals surface area contributed by atoms with E-state index in [1.165, 1.54) is 12.1 Å². The standard InChI is InChI=1S/C12H16ClNO4S2/c13-9-6-7-10(19-9)20(17,18)14-11(12(15)16)8-4-2-1-3-5-8/h6-8,11,14H,1-5H2,(H,15,16). The van der Waals surface area contributed by atoms with E-state index in [4.69, 9.17) is 11.6 Å². The molecule has 0 amide bonds. The molecule has 1 aliphatic carbocycles. The van der Waals surface area contributed by atoms with Crippen molar-refractivity contribution in [1.82, 2.24) is 4.72 Å². The minimum absolute atomic E-state index is 0.0459. The molecule has 0 spiro atoms. The summed E-state index contributed by atoms with van der Waals surface area (Å²) in [5.74, 6) is -1.27. The molecular weight excluding hydrogens is 322 g/mol. The lowest BCUT2D eigenvalue weighted by Gasteiger charge is -2.27. The van der Waals surface area contributed by atoms with E-state index in [0.29, 0.717) is 4.34 Å². The van der Waals surface area contributed by atoms with Crippen LogP contribution in [0.3, 0.4) is 0 Å². The van der Waals surface area contributed by atoms with Crippen molar-refractivity contribution < 1.29 is 18.3 Å². The quantitative estimate of drug-likeness (QED) is 0.865. The summed E-state index contributed by atoms with van der Waals surface area (Å²) < 4.78 is 27.1. The Morgan fingerprint density at radius 2 is 2.00 bits per heavy atom. The summed E-state index contributed by atoms with van der Waals surface area (Å²) in [5.41, 5.74) is 0. The predicted octanol–water partition coefficient (Wildman–Crippen LogP) is 2.71. The van der Waals surface area contributed by atoms with Gasteiger partial charge in [0.2, 0.25) is 0 Å². The molecule has 2 rings (SSSR count). The highest BCUT2D eigenvalue weighted by molar-refractivity contribution is 7.91. The first-order chi connectivity index (χ1) is 9.40. The van der Waals surface area contributed by atoms with Crippen molar-refractivity contribution >= 4 is 38.9 Å². The highest BCUT2D eigenvalue weighted by Crippen LogP contribution is 2.29. The van der Waals surface area contributed by atoms with Gasteiger partial charge in [-0.1, -0.05) is 30.9 Å². The van der Waals surface area contributed by atoms with Crippen LogP contribution in [0.15, 0.2) is 16.3 Å². The summed E-state index contributed by atoms with van der Waals surface area (Å²) in [6.07, 6.45) is 4.45. The Morgan fingerprint density at radius 1 is 1.35 bits per heavy atom. The molecule has 0 aromatic carbocycles. The van der Waals surface area contributed by atoms with Gasteiger partial charge in [-0.3, -0.25) is 4.79 Å². The maximum absolute atomic E-state index is 12.2. The van der Waals surface area contributed by atoms with E-state index in [1.54, 1.807) is 0 Å². The Kier molecular flexibility index (Phi) is 5.06. The molecule has 0 aliphatic heterocycles. The van der Waals surface area contributed by atoms with Gasteiger partial charge in [0.05, 0.1) is 4.34 Å². The smallest absolute Gasteiger partial charge is 0.322 e. The number of thiophene rings is 1. The van der Waals surface area contributed by atoms with Gasteiger partial charge in [-0.25, -0.2) is 8.42 Å². The van der Waals surface area contributed by atoms with Crippen molar-refractivity contribution in [3.63, 3.8) is 0 Å². The molecule has 20 heavy (non-hydrogen) atoms. The Hall–Kier alpha value is -0.630.